The third-order valence-corrected chi connectivity index (χ3v) is 10.6. The van der Waals surface area contributed by atoms with Gasteiger partial charge in [-0.2, -0.15) is 0 Å². The van der Waals surface area contributed by atoms with E-state index in [1.807, 2.05) is 24.8 Å². The van der Waals surface area contributed by atoms with Crippen molar-refractivity contribution in [1.29, 1.82) is 0 Å². The molecule has 5 nitrogen and oxygen atoms in total. The van der Waals surface area contributed by atoms with Gasteiger partial charge in [-0.1, -0.05) is 72.8 Å². The number of benzene rings is 3. The molecule has 0 amide bonds. The molecule has 2 N–H and O–H groups in total. The van der Waals surface area contributed by atoms with E-state index in [2.05, 4.69) is 154 Å². The van der Waals surface area contributed by atoms with Gasteiger partial charge in [-0.15, -0.1) is 0 Å². The Hall–Kier alpha value is -5.26. The lowest BCUT2D eigenvalue weighted by Crippen LogP contribution is -2.47. The zero-order valence-electron chi connectivity index (χ0n) is 29.3. The van der Waals surface area contributed by atoms with Crippen LogP contribution in [0.2, 0.25) is 0 Å². The summed E-state index contributed by atoms with van der Waals surface area (Å²) in [6, 6.07) is 36.5. The van der Waals surface area contributed by atoms with Gasteiger partial charge in [0.15, 0.2) is 0 Å². The maximum Gasteiger partial charge on any atom is 0.0461 e. The molecule has 1 aliphatic carbocycles. The number of hydrogen-bond acceptors (Lipinski definition) is 3. The number of fused-ring (bicyclic) bond motifs is 2. The van der Waals surface area contributed by atoms with Gasteiger partial charge in [-0.25, -0.2) is 0 Å². The Morgan fingerprint density at radius 3 is 1.92 bits per heavy atom. The van der Waals surface area contributed by atoms with Crippen LogP contribution >= 0.6 is 0 Å². The van der Waals surface area contributed by atoms with Gasteiger partial charge < -0.3 is 14.9 Å². The Labute approximate surface area is 296 Å². The molecule has 4 heterocycles. The number of hydrogen-bond donors (Lipinski definition) is 2. The molecule has 252 valence electrons. The quantitative estimate of drug-likeness (QED) is 0.154. The number of nitrogens with zero attached hydrogens (tertiary/aromatic N) is 3. The summed E-state index contributed by atoms with van der Waals surface area (Å²) >= 11 is 0. The summed E-state index contributed by atoms with van der Waals surface area (Å²) in [5.41, 5.74) is 12.4. The summed E-state index contributed by atoms with van der Waals surface area (Å²) in [5, 5.41) is 2.69. The Morgan fingerprint density at radius 2 is 1.26 bits per heavy atom. The van der Waals surface area contributed by atoms with E-state index in [4.69, 9.17) is 0 Å². The van der Waals surface area contributed by atoms with Crippen molar-refractivity contribution >= 4 is 27.4 Å². The predicted molar refractivity (Wildman–Crippen MR) is 208 cm³/mol. The average Bonchev–Trinajstić information content (AvgIpc) is 3.76. The lowest BCUT2D eigenvalue weighted by Gasteiger charge is -2.42. The van der Waals surface area contributed by atoms with E-state index in [9.17, 15) is 0 Å². The molecule has 0 saturated carbocycles. The summed E-state index contributed by atoms with van der Waals surface area (Å²) in [6.45, 7) is 0. The van der Waals surface area contributed by atoms with E-state index >= 15 is 0 Å². The van der Waals surface area contributed by atoms with E-state index in [0.717, 1.165) is 44.9 Å². The normalized spacial score (nSPS) is 15.9. The fraction of sp³-hybridized carbons (Fsp3) is 0.244. The zero-order valence-corrected chi connectivity index (χ0v) is 29.3. The van der Waals surface area contributed by atoms with Crippen molar-refractivity contribution in [2.75, 3.05) is 14.1 Å². The zero-order chi connectivity index (χ0) is 34.2. The van der Waals surface area contributed by atoms with Crippen LogP contribution in [-0.2, 0) is 32.1 Å². The smallest absolute Gasteiger partial charge is 0.0461 e. The highest BCUT2D eigenvalue weighted by molar-refractivity contribution is 5.89. The molecule has 1 aliphatic rings. The summed E-state index contributed by atoms with van der Waals surface area (Å²) in [5.74, 6) is 0. The molecular weight excluding hydrogens is 611 g/mol. The van der Waals surface area contributed by atoms with Crippen LogP contribution in [0.4, 0.5) is 0 Å². The highest BCUT2D eigenvalue weighted by Crippen LogP contribution is 2.40. The number of H-pyrrole nitrogens is 2. The first kappa shape index (κ1) is 33.2. The van der Waals surface area contributed by atoms with Crippen molar-refractivity contribution in [3.05, 3.63) is 174 Å². The third kappa shape index (κ3) is 7.64. The molecule has 1 unspecified atom stereocenters. The second-order valence-electron chi connectivity index (χ2n) is 13.8. The van der Waals surface area contributed by atoms with Gasteiger partial charge >= 0.3 is 0 Å². The molecule has 0 radical (unpaired) electrons. The number of aryl methyl sites for hydroxylation is 4. The Morgan fingerprint density at radius 1 is 0.640 bits per heavy atom. The van der Waals surface area contributed by atoms with Crippen molar-refractivity contribution < 1.29 is 0 Å². The third-order valence-electron chi connectivity index (χ3n) is 10.6. The highest BCUT2D eigenvalue weighted by atomic mass is 15.1. The molecule has 8 rings (SSSR count). The monoisotopic (exact) mass is 657 g/mol. The van der Waals surface area contributed by atoms with E-state index in [1.165, 1.54) is 67.3 Å². The number of para-hydroxylation sites is 2. The van der Waals surface area contributed by atoms with Crippen LogP contribution in [0, 0.1) is 0 Å². The summed E-state index contributed by atoms with van der Waals surface area (Å²) in [7, 11) is 4.48. The van der Waals surface area contributed by atoms with Crippen molar-refractivity contribution in [3.8, 4) is 0 Å². The van der Waals surface area contributed by atoms with Gasteiger partial charge in [0.25, 0.3) is 0 Å². The van der Waals surface area contributed by atoms with Gasteiger partial charge in [-0.3, -0.25) is 9.97 Å². The molecule has 0 bridgehead atoms. The van der Waals surface area contributed by atoms with Crippen molar-refractivity contribution in [3.63, 3.8) is 0 Å². The molecule has 1 atom stereocenters. The van der Waals surface area contributed by atoms with E-state index in [-0.39, 0.29) is 5.54 Å². The topological polar surface area (TPSA) is 60.6 Å². The first-order valence-electron chi connectivity index (χ1n) is 17.9. The lowest BCUT2D eigenvalue weighted by atomic mass is 9.76. The SMILES string of the molecule is CN(C)C1(Cc2ccccc2)CC=C(c2[nH]c3ccccc3c2CCc2ccncc2)CC1.c1ccc2c(CCc3ccncc3)c[nH]c2c1. The number of aromatic amines is 2. The average molecular weight is 658 g/mol. The minimum Gasteiger partial charge on any atom is -0.361 e. The van der Waals surface area contributed by atoms with Crippen LogP contribution < -0.4 is 0 Å². The molecule has 7 aromatic rings. The van der Waals surface area contributed by atoms with E-state index < -0.39 is 0 Å². The van der Waals surface area contributed by atoms with Crippen LogP contribution in [-0.4, -0.2) is 44.5 Å². The lowest BCUT2D eigenvalue weighted by molar-refractivity contribution is 0.138. The first-order valence-corrected chi connectivity index (χ1v) is 17.9. The van der Waals surface area contributed by atoms with Gasteiger partial charge in [-0.05, 0) is 135 Å². The second kappa shape index (κ2) is 15.5. The maximum absolute atomic E-state index is 4.17. The van der Waals surface area contributed by atoms with Crippen molar-refractivity contribution in [1.82, 2.24) is 24.8 Å². The predicted octanol–water partition coefficient (Wildman–Crippen LogP) is 9.81. The Balaban J connectivity index is 0.000000193. The number of rotatable bonds is 10. The van der Waals surface area contributed by atoms with E-state index in [1.54, 1.807) is 0 Å². The molecular formula is C45H47N5. The largest absolute Gasteiger partial charge is 0.361 e. The molecule has 0 fully saturated rings. The molecule has 0 spiro atoms. The van der Waals surface area contributed by atoms with Gasteiger partial charge in [0.05, 0.1) is 0 Å². The van der Waals surface area contributed by atoms with Crippen molar-refractivity contribution in [2.24, 2.45) is 0 Å². The number of aromatic nitrogens is 4. The second-order valence-corrected chi connectivity index (χ2v) is 13.8. The van der Waals surface area contributed by atoms with Gasteiger partial charge in [0, 0.05) is 64.0 Å². The molecule has 0 saturated heterocycles. The molecule has 0 aliphatic heterocycles. The fourth-order valence-corrected chi connectivity index (χ4v) is 7.53. The summed E-state index contributed by atoms with van der Waals surface area (Å²) < 4.78 is 0. The summed E-state index contributed by atoms with van der Waals surface area (Å²) in [4.78, 5) is 17.7. The molecule has 50 heavy (non-hydrogen) atoms. The number of nitrogens with one attached hydrogen (secondary N) is 2. The van der Waals surface area contributed by atoms with Crippen LogP contribution in [0.5, 0.6) is 0 Å². The maximum atomic E-state index is 4.17. The van der Waals surface area contributed by atoms with Crippen LogP contribution in [0.1, 0.15) is 52.8 Å². The minimum absolute atomic E-state index is 0.175. The first-order chi connectivity index (χ1) is 24.6. The Bertz CT molecular complexity index is 2140. The van der Waals surface area contributed by atoms with Crippen molar-refractivity contribution in [2.45, 2.75) is 56.9 Å². The van der Waals surface area contributed by atoms with E-state index in [0.29, 0.717) is 0 Å². The minimum atomic E-state index is 0.175. The summed E-state index contributed by atoms with van der Waals surface area (Å²) in [6.07, 6.45) is 20.7. The molecule has 5 heteroatoms. The standard InChI is InChI=1S/C30H33N3.C15H14N2/c1-33(2)30(22-24-8-4-3-5-9-24)18-14-25(15-19-30)29-27(13-12-23-16-20-31-21-17-23)26-10-6-7-11-28(26)32-29;1-2-4-15-14(3-1)13(11-17-15)6-5-12-7-9-16-10-8-12/h3-11,14,16-17,20-21,32H,12-13,15,18-19,22H2,1-2H3;1-4,7-11,17H,5-6H2. The van der Waals surface area contributed by atoms with Gasteiger partial charge in [0.2, 0.25) is 0 Å². The molecule has 4 aromatic heterocycles. The number of pyridine rings is 2. The van der Waals surface area contributed by atoms with Crippen LogP contribution in [0.15, 0.2) is 140 Å². The van der Waals surface area contributed by atoms with Gasteiger partial charge in [0.1, 0.15) is 0 Å². The number of allylic oxidation sites excluding steroid dienone is 1. The molecule has 3 aromatic carbocycles. The highest BCUT2D eigenvalue weighted by Gasteiger charge is 2.35. The Kier molecular flexibility index (Phi) is 10.3. The van der Waals surface area contributed by atoms with Crippen LogP contribution in [0.3, 0.4) is 0 Å². The fourth-order valence-electron chi connectivity index (χ4n) is 7.53. The number of likely N-dealkylation sites (N-methyl/N-ethyl adjacent to an activating group) is 1. The van der Waals surface area contributed by atoms with Crippen LogP contribution in [0.25, 0.3) is 27.4 Å².